The van der Waals surface area contributed by atoms with Crippen molar-refractivity contribution < 1.29 is 8.78 Å². The molecule has 7 nitrogen and oxygen atoms in total. The van der Waals surface area contributed by atoms with E-state index in [1.807, 2.05) is 32.9 Å². The molecule has 7 rings (SSSR count). The lowest BCUT2D eigenvalue weighted by Gasteiger charge is -2.68. The second-order valence-corrected chi connectivity index (χ2v) is 12.6. The van der Waals surface area contributed by atoms with E-state index < -0.39 is 16.2 Å². The molecule has 4 aliphatic heterocycles. The van der Waals surface area contributed by atoms with Crippen LogP contribution in [0.3, 0.4) is 0 Å². The number of anilines is 2. The summed E-state index contributed by atoms with van der Waals surface area (Å²) in [5, 5.41) is 22.5. The van der Waals surface area contributed by atoms with Crippen LogP contribution in [0, 0.1) is 50.5 Å². The van der Waals surface area contributed by atoms with Gasteiger partial charge >= 0.3 is 0 Å². The van der Waals surface area contributed by atoms with Gasteiger partial charge in [-0.2, -0.15) is 10.5 Å². The Morgan fingerprint density at radius 3 is 1.93 bits per heavy atom. The zero-order valence-electron chi connectivity index (χ0n) is 24.2. The number of benzene rings is 3. The Bertz CT molecular complexity index is 1690. The molecular formula is C34H31F2N7S. The predicted molar refractivity (Wildman–Crippen MR) is 169 cm³/mol. The lowest BCUT2D eigenvalue weighted by atomic mass is 9.43. The van der Waals surface area contributed by atoms with E-state index in [-0.39, 0.29) is 24.8 Å². The standard InChI is InChI=1S/C34H31F2N7S/c35-26-6-10-28(11-7-26)41-21-32(19-37)30-39-23-42(29-12-8-27(36)9-13-29)24-43(30)31(44)33(20-38,22-41)34(32)14-16-40(17-15-34)18-25-4-2-1-3-5-25/h1-13H,14-18,21-24H2. The van der Waals surface area contributed by atoms with E-state index in [0.717, 1.165) is 31.0 Å². The van der Waals surface area contributed by atoms with Crippen LogP contribution >= 0.6 is 12.2 Å². The molecule has 222 valence electrons. The minimum Gasteiger partial charge on any atom is -0.367 e. The van der Waals surface area contributed by atoms with Crippen molar-refractivity contribution in [2.24, 2.45) is 21.2 Å². The number of hydrogen-bond acceptors (Lipinski definition) is 7. The molecule has 3 aromatic carbocycles. The number of aliphatic imine (C=N–C) groups is 1. The molecule has 4 heterocycles. The lowest BCUT2D eigenvalue weighted by molar-refractivity contribution is -0.0460. The van der Waals surface area contributed by atoms with Crippen molar-refractivity contribution in [2.45, 2.75) is 19.4 Å². The molecule has 0 N–H and O–H groups in total. The van der Waals surface area contributed by atoms with Gasteiger partial charge in [0.15, 0.2) is 0 Å². The smallest absolute Gasteiger partial charge is 0.140 e. The van der Waals surface area contributed by atoms with Gasteiger partial charge in [0, 0.05) is 36.4 Å². The number of fused-ring (bicyclic) bond motifs is 2. The molecule has 1 spiro atoms. The average Bonchev–Trinajstić information content (AvgIpc) is 3.06. The summed E-state index contributed by atoms with van der Waals surface area (Å²) >= 11 is 6.28. The Balaban J connectivity index is 1.32. The number of amidine groups is 1. The average molecular weight is 608 g/mol. The maximum atomic E-state index is 13.9. The first kappa shape index (κ1) is 28.4. The molecule has 2 atom stereocenters. The van der Waals surface area contributed by atoms with Crippen molar-refractivity contribution in [1.29, 1.82) is 10.5 Å². The van der Waals surface area contributed by atoms with Gasteiger partial charge in [-0.3, -0.25) is 4.90 Å². The van der Waals surface area contributed by atoms with Gasteiger partial charge in [0.25, 0.3) is 0 Å². The van der Waals surface area contributed by atoms with Crippen LogP contribution in [0.4, 0.5) is 20.2 Å². The molecule has 0 aromatic heterocycles. The molecule has 2 unspecified atom stereocenters. The van der Waals surface area contributed by atoms with Crippen LogP contribution in [0.15, 0.2) is 83.9 Å². The first-order valence-corrected chi connectivity index (χ1v) is 15.2. The van der Waals surface area contributed by atoms with E-state index in [0.29, 0.717) is 36.9 Å². The van der Waals surface area contributed by atoms with E-state index in [4.69, 9.17) is 17.2 Å². The maximum Gasteiger partial charge on any atom is 0.140 e. The zero-order chi connectivity index (χ0) is 30.5. The molecular weight excluding hydrogens is 576 g/mol. The van der Waals surface area contributed by atoms with E-state index in [2.05, 4.69) is 29.2 Å². The van der Waals surface area contributed by atoms with Crippen molar-refractivity contribution >= 4 is 34.4 Å². The molecule has 0 radical (unpaired) electrons. The van der Waals surface area contributed by atoms with Crippen LogP contribution in [0.25, 0.3) is 0 Å². The van der Waals surface area contributed by atoms with Gasteiger partial charge in [-0.15, -0.1) is 0 Å². The summed E-state index contributed by atoms with van der Waals surface area (Å²) in [5.74, 6) is -0.0822. The molecule has 0 amide bonds. The van der Waals surface area contributed by atoms with Gasteiger partial charge in [-0.1, -0.05) is 42.5 Å². The molecule has 3 aromatic rings. The number of nitrogens with zero attached hydrogens (tertiary/aromatic N) is 7. The summed E-state index contributed by atoms with van der Waals surface area (Å²) in [7, 11) is 0. The molecule has 3 saturated heterocycles. The van der Waals surface area contributed by atoms with E-state index >= 15 is 0 Å². The number of rotatable bonds is 4. The molecule has 0 saturated carbocycles. The maximum absolute atomic E-state index is 13.9. The highest BCUT2D eigenvalue weighted by atomic mass is 32.1. The lowest BCUT2D eigenvalue weighted by Crippen LogP contribution is -2.80. The summed E-state index contributed by atoms with van der Waals surface area (Å²) in [5.41, 5.74) is -0.361. The first-order valence-electron chi connectivity index (χ1n) is 14.8. The summed E-state index contributed by atoms with van der Waals surface area (Å²) in [6.45, 7) is 3.41. The number of likely N-dealkylation sites (tertiary alicyclic amines) is 1. The van der Waals surface area contributed by atoms with E-state index in [9.17, 15) is 19.3 Å². The Kier molecular flexibility index (Phi) is 6.88. The fourth-order valence-electron chi connectivity index (χ4n) is 7.95. The van der Waals surface area contributed by atoms with Crippen molar-refractivity contribution in [3.05, 3.63) is 96.1 Å². The number of hydrogen-bond donors (Lipinski definition) is 0. The van der Waals surface area contributed by atoms with Crippen LogP contribution < -0.4 is 9.80 Å². The first-order chi connectivity index (χ1) is 21.3. The fourth-order valence-corrected chi connectivity index (χ4v) is 8.40. The number of nitriles is 2. The quantitative estimate of drug-likeness (QED) is 0.360. The van der Waals surface area contributed by atoms with Gasteiger partial charge in [0.1, 0.15) is 40.0 Å². The van der Waals surface area contributed by atoms with Gasteiger partial charge in [0.05, 0.1) is 18.8 Å². The Morgan fingerprint density at radius 2 is 1.34 bits per heavy atom. The zero-order valence-corrected chi connectivity index (χ0v) is 25.0. The minimum atomic E-state index is -1.19. The summed E-state index contributed by atoms with van der Waals surface area (Å²) in [6.07, 6.45) is 1.24. The van der Waals surface area contributed by atoms with E-state index in [1.165, 1.54) is 29.8 Å². The largest absolute Gasteiger partial charge is 0.367 e. The van der Waals surface area contributed by atoms with Crippen LogP contribution in [-0.2, 0) is 6.54 Å². The second kappa shape index (κ2) is 10.7. The Hall–Kier alpha value is -4.38. The molecule has 4 aliphatic rings. The van der Waals surface area contributed by atoms with Gasteiger partial charge in [0.2, 0.25) is 0 Å². The SMILES string of the molecule is N#CC12CN(c3ccc(F)cc3)CC(C#N)(C3=NCN(c4ccc(F)cc4)CN3C1=S)C21CCN(Cc2ccccc2)CC1. The number of thiocarbonyl (C=S) groups is 1. The summed E-state index contributed by atoms with van der Waals surface area (Å²) in [6, 6.07) is 28.2. The molecule has 2 bridgehead atoms. The highest BCUT2D eigenvalue weighted by Crippen LogP contribution is 2.66. The van der Waals surface area contributed by atoms with E-state index in [1.54, 1.807) is 24.3 Å². The topological polar surface area (TPSA) is 72.9 Å². The van der Waals surface area contributed by atoms with Gasteiger partial charge in [-0.05, 0) is 80.0 Å². The second-order valence-electron chi connectivity index (χ2n) is 12.2. The third-order valence-electron chi connectivity index (χ3n) is 10.2. The van der Waals surface area contributed by atoms with Crippen molar-refractivity contribution in [1.82, 2.24) is 9.80 Å². The summed E-state index contributed by atoms with van der Waals surface area (Å²) in [4.78, 5) is 13.8. The third kappa shape index (κ3) is 4.12. The molecule has 44 heavy (non-hydrogen) atoms. The number of piperidine rings is 3. The van der Waals surface area contributed by atoms with Crippen molar-refractivity contribution in [3.63, 3.8) is 0 Å². The fraction of sp³-hybridized carbons (Fsp3) is 0.353. The normalized spacial score (nSPS) is 26.0. The van der Waals surface area contributed by atoms with Crippen LogP contribution in [0.5, 0.6) is 0 Å². The molecule has 3 fully saturated rings. The third-order valence-corrected chi connectivity index (χ3v) is 10.7. The minimum absolute atomic E-state index is 0.274. The summed E-state index contributed by atoms with van der Waals surface area (Å²) < 4.78 is 27.6. The van der Waals surface area contributed by atoms with Crippen LogP contribution in [0.1, 0.15) is 18.4 Å². The highest BCUT2D eigenvalue weighted by Gasteiger charge is 2.76. The van der Waals surface area contributed by atoms with Crippen molar-refractivity contribution in [2.75, 3.05) is 49.3 Å². The van der Waals surface area contributed by atoms with Crippen molar-refractivity contribution in [3.8, 4) is 12.1 Å². The van der Waals surface area contributed by atoms with Crippen LogP contribution in [0.2, 0.25) is 0 Å². The number of halogens is 2. The molecule has 10 heteroatoms. The van der Waals surface area contributed by atoms with Gasteiger partial charge in [-0.25, -0.2) is 13.8 Å². The monoisotopic (exact) mass is 607 g/mol. The Labute approximate surface area is 261 Å². The van der Waals surface area contributed by atoms with Gasteiger partial charge < -0.3 is 14.7 Å². The van der Waals surface area contributed by atoms with Crippen LogP contribution in [-0.4, -0.2) is 60.1 Å². The highest BCUT2D eigenvalue weighted by molar-refractivity contribution is 7.80. The molecule has 0 aliphatic carbocycles. The predicted octanol–water partition coefficient (Wildman–Crippen LogP) is 5.56. The Morgan fingerprint density at radius 1 is 0.773 bits per heavy atom.